The van der Waals surface area contributed by atoms with Crippen LogP contribution in [0.1, 0.15) is 29.5 Å². The van der Waals surface area contributed by atoms with Gasteiger partial charge in [-0.05, 0) is 13.3 Å². The molecule has 2 N–H and O–H groups in total. The minimum absolute atomic E-state index is 0.0705. The van der Waals surface area contributed by atoms with Crippen LogP contribution in [-0.4, -0.2) is 57.1 Å². The molecule has 0 radical (unpaired) electrons. The van der Waals surface area contributed by atoms with Gasteiger partial charge in [0, 0.05) is 43.5 Å². The third-order valence-corrected chi connectivity index (χ3v) is 5.88. The van der Waals surface area contributed by atoms with Gasteiger partial charge in [-0.2, -0.15) is 10.2 Å². The van der Waals surface area contributed by atoms with Crippen LogP contribution >= 0.6 is 0 Å². The molecule has 0 saturated carbocycles. The minimum atomic E-state index is -3.29. The highest BCUT2D eigenvalue weighted by Gasteiger charge is 2.36. The average molecular weight is 416 g/mol. The van der Waals surface area contributed by atoms with Gasteiger partial charge in [-0.1, -0.05) is 30.3 Å². The maximum absolute atomic E-state index is 11.8. The van der Waals surface area contributed by atoms with Crippen LogP contribution in [0.15, 0.2) is 36.5 Å². The summed E-state index contributed by atoms with van der Waals surface area (Å²) in [5.74, 6) is 1.38. The Balaban J connectivity index is 1.61. The lowest BCUT2D eigenvalue weighted by atomic mass is 10.1. The lowest BCUT2D eigenvalue weighted by Gasteiger charge is -2.22. The molecule has 3 aromatic rings. The van der Waals surface area contributed by atoms with Crippen molar-refractivity contribution < 1.29 is 8.42 Å². The van der Waals surface area contributed by atoms with E-state index >= 15 is 0 Å². The number of hydrogen-bond donors (Lipinski definition) is 2. The molecule has 1 aliphatic rings. The maximum atomic E-state index is 11.8. The lowest BCUT2D eigenvalue weighted by molar-refractivity contribution is 0.238. The average Bonchev–Trinajstić information content (AvgIpc) is 3.34. The third-order valence-electron chi connectivity index (χ3n) is 5.12. The van der Waals surface area contributed by atoms with Crippen LogP contribution in [0.4, 0.5) is 0 Å². The second kappa shape index (κ2) is 7.69. The van der Waals surface area contributed by atoms with Gasteiger partial charge in [-0.25, -0.2) is 18.1 Å². The zero-order valence-electron chi connectivity index (χ0n) is 16.7. The van der Waals surface area contributed by atoms with Gasteiger partial charge < -0.3 is 0 Å². The standard InChI is InChI=1S/C19H25N7O2S/c1-13-15(10-25(2)23-13)11-26-12-16(24-29(3,27)28)9-17(26)19-20-18(21-22-19)14-7-5-4-6-8-14/h4-8,10,16-17,24H,9,11-12H2,1-3H3,(H,20,21,22)/t16-,17-/m0/s1. The van der Waals surface area contributed by atoms with Gasteiger partial charge in [0.05, 0.1) is 18.0 Å². The number of rotatable bonds is 6. The fourth-order valence-corrected chi connectivity index (χ4v) is 4.69. The van der Waals surface area contributed by atoms with Gasteiger partial charge in [0.1, 0.15) is 5.82 Å². The molecular weight excluding hydrogens is 390 g/mol. The van der Waals surface area contributed by atoms with Crippen LogP contribution in [0.2, 0.25) is 0 Å². The summed E-state index contributed by atoms with van der Waals surface area (Å²) < 4.78 is 28.1. The zero-order chi connectivity index (χ0) is 20.6. The molecule has 0 bridgehead atoms. The fraction of sp³-hybridized carbons (Fsp3) is 0.421. The van der Waals surface area contributed by atoms with E-state index in [9.17, 15) is 8.42 Å². The molecule has 2 atom stereocenters. The summed E-state index contributed by atoms with van der Waals surface area (Å²) >= 11 is 0. The van der Waals surface area contributed by atoms with Crippen LogP contribution in [-0.2, 0) is 23.6 Å². The summed E-state index contributed by atoms with van der Waals surface area (Å²) in [5, 5.41) is 11.9. The van der Waals surface area contributed by atoms with E-state index in [-0.39, 0.29) is 12.1 Å². The SMILES string of the molecule is Cc1nn(C)cc1CN1C[C@@H](NS(C)(=O)=O)C[C@H]1c1nc(-c2ccccc2)n[nH]1. The molecule has 3 heterocycles. The quantitative estimate of drug-likeness (QED) is 0.630. The summed E-state index contributed by atoms with van der Waals surface area (Å²) in [6.07, 6.45) is 3.81. The molecule has 1 aliphatic heterocycles. The van der Waals surface area contributed by atoms with Crippen LogP contribution in [0, 0.1) is 6.92 Å². The van der Waals surface area contributed by atoms with E-state index in [2.05, 4.69) is 24.9 Å². The molecule has 2 aromatic heterocycles. The van der Waals surface area contributed by atoms with Crippen LogP contribution in [0.3, 0.4) is 0 Å². The first-order valence-electron chi connectivity index (χ1n) is 9.46. The first-order valence-corrected chi connectivity index (χ1v) is 11.4. The number of nitrogens with one attached hydrogen (secondary N) is 2. The largest absolute Gasteiger partial charge is 0.287 e. The van der Waals surface area contributed by atoms with E-state index in [0.29, 0.717) is 25.3 Å². The van der Waals surface area contributed by atoms with Crippen LogP contribution < -0.4 is 4.72 Å². The highest BCUT2D eigenvalue weighted by Crippen LogP contribution is 2.33. The normalized spacial score (nSPS) is 20.4. The highest BCUT2D eigenvalue weighted by atomic mass is 32.2. The van der Waals surface area contributed by atoms with E-state index < -0.39 is 10.0 Å². The molecule has 4 rings (SSSR count). The van der Waals surface area contributed by atoms with Gasteiger partial charge >= 0.3 is 0 Å². The van der Waals surface area contributed by atoms with Crippen molar-refractivity contribution in [1.82, 2.24) is 34.6 Å². The van der Waals surface area contributed by atoms with Crippen molar-refractivity contribution in [2.24, 2.45) is 7.05 Å². The van der Waals surface area contributed by atoms with Crippen molar-refractivity contribution in [3.63, 3.8) is 0 Å². The van der Waals surface area contributed by atoms with Crippen molar-refractivity contribution in [3.05, 3.63) is 53.6 Å². The summed E-state index contributed by atoms with van der Waals surface area (Å²) in [6, 6.07) is 9.53. The summed E-state index contributed by atoms with van der Waals surface area (Å²) in [4.78, 5) is 6.93. The van der Waals surface area contributed by atoms with Crippen molar-refractivity contribution in [2.75, 3.05) is 12.8 Å². The highest BCUT2D eigenvalue weighted by molar-refractivity contribution is 7.88. The number of aryl methyl sites for hydroxylation is 2. The van der Waals surface area contributed by atoms with Gasteiger partial charge in [-0.15, -0.1) is 0 Å². The number of H-pyrrole nitrogens is 1. The molecule has 29 heavy (non-hydrogen) atoms. The number of sulfonamides is 1. The number of nitrogens with zero attached hydrogens (tertiary/aromatic N) is 5. The first kappa shape index (κ1) is 19.7. The van der Waals surface area contributed by atoms with E-state index in [4.69, 9.17) is 4.98 Å². The van der Waals surface area contributed by atoms with Crippen molar-refractivity contribution in [3.8, 4) is 11.4 Å². The molecule has 0 spiro atoms. The Morgan fingerprint density at radius 2 is 2.03 bits per heavy atom. The Labute approximate surface area is 170 Å². The molecule has 0 aliphatic carbocycles. The Bertz CT molecular complexity index is 1090. The maximum Gasteiger partial charge on any atom is 0.208 e. The minimum Gasteiger partial charge on any atom is -0.287 e. The Morgan fingerprint density at radius 1 is 1.28 bits per heavy atom. The van der Waals surface area contributed by atoms with E-state index in [0.717, 1.165) is 22.6 Å². The number of likely N-dealkylation sites (tertiary alicyclic amines) is 1. The van der Waals surface area contributed by atoms with E-state index in [1.165, 1.54) is 6.26 Å². The summed E-state index contributed by atoms with van der Waals surface area (Å²) in [6.45, 7) is 3.23. The van der Waals surface area contributed by atoms with Gasteiger partial charge in [0.2, 0.25) is 10.0 Å². The van der Waals surface area contributed by atoms with Crippen molar-refractivity contribution >= 4 is 10.0 Å². The second-order valence-electron chi connectivity index (χ2n) is 7.59. The molecule has 10 heteroatoms. The number of benzene rings is 1. The lowest BCUT2D eigenvalue weighted by Crippen LogP contribution is -2.36. The number of aromatic nitrogens is 5. The van der Waals surface area contributed by atoms with Gasteiger partial charge in [0.25, 0.3) is 0 Å². The predicted molar refractivity (Wildman–Crippen MR) is 109 cm³/mol. The Morgan fingerprint density at radius 3 is 2.69 bits per heavy atom. The zero-order valence-corrected chi connectivity index (χ0v) is 17.5. The Hall–Kier alpha value is -2.56. The molecule has 1 fully saturated rings. The summed E-state index contributed by atoms with van der Waals surface area (Å²) in [7, 11) is -1.39. The van der Waals surface area contributed by atoms with Crippen LogP contribution in [0.5, 0.6) is 0 Å². The topological polar surface area (TPSA) is 109 Å². The molecule has 1 aromatic carbocycles. The number of hydrogen-bond acceptors (Lipinski definition) is 6. The van der Waals surface area contributed by atoms with E-state index in [1.54, 1.807) is 4.68 Å². The molecule has 1 saturated heterocycles. The molecule has 9 nitrogen and oxygen atoms in total. The third kappa shape index (κ3) is 4.55. The Kier molecular flexibility index (Phi) is 5.24. The van der Waals surface area contributed by atoms with Crippen molar-refractivity contribution in [1.29, 1.82) is 0 Å². The van der Waals surface area contributed by atoms with Gasteiger partial charge in [0.15, 0.2) is 5.82 Å². The second-order valence-corrected chi connectivity index (χ2v) is 9.37. The fourth-order valence-electron chi connectivity index (χ4n) is 3.91. The molecular formula is C19H25N7O2S. The predicted octanol–water partition coefficient (Wildman–Crippen LogP) is 1.38. The van der Waals surface area contributed by atoms with E-state index in [1.807, 2.05) is 50.5 Å². The van der Waals surface area contributed by atoms with Crippen LogP contribution in [0.25, 0.3) is 11.4 Å². The van der Waals surface area contributed by atoms with Gasteiger partial charge in [-0.3, -0.25) is 14.7 Å². The van der Waals surface area contributed by atoms with Crippen molar-refractivity contribution in [2.45, 2.75) is 32.0 Å². The number of aromatic amines is 1. The molecule has 0 unspecified atom stereocenters. The monoisotopic (exact) mass is 415 g/mol. The smallest absolute Gasteiger partial charge is 0.208 e. The summed E-state index contributed by atoms with van der Waals surface area (Å²) in [5.41, 5.74) is 3.02. The molecule has 0 amide bonds. The first-order chi connectivity index (χ1) is 13.8. The molecule has 154 valence electrons.